The van der Waals surface area contributed by atoms with E-state index in [9.17, 15) is 9.59 Å². The van der Waals surface area contributed by atoms with Gasteiger partial charge in [-0.15, -0.1) is 0 Å². The Hall–Kier alpha value is -2.10. The van der Waals surface area contributed by atoms with Crippen LogP contribution in [0.4, 0.5) is 0 Å². The number of ketones is 2. The number of allylic oxidation sites excluding steroid dienone is 10. The molecule has 0 fully saturated rings. The van der Waals surface area contributed by atoms with Crippen molar-refractivity contribution in [1.29, 1.82) is 0 Å². The van der Waals surface area contributed by atoms with E-state index >= 15 is 0 Å². The Bertz CT molecular complexity index is 612. The Morgan fingerprint density at radius 2 is 1.07 bits per heavy atom. The van der Waals surface area contributed by atoms with Crippen molar-refractivity contribution < 1.29 is 26.7 Å². The van der Waals surface area contributed by atoms with Crippen LogP contribution in [0.15, 0.2) is 72.2 Å². The second-order valence-electron chi connectivity index (χ2n) is 6.32. The molecule has 1 radical (unpaired) electrons. The van der Waals surface area contributed by atoms with Crippen molar-refractivity contribution in [2.24, 2.45) is 0 Å². The normalized spacial score (nSPS) is 20.0. The molecule has 2 rings (SSSR count). The quantitative estimate of drug-likeness (QED) is 0.508. The number of hydrogen-bond acceptors (Lipinski definition) is 4. The van der Waals surface area contributed by atoms with Crippen LogP contribution in [0.25, 0.3) is 0 Å². The van der Waals surface area contributed by atoms with E-state index in [1.807, 2.05) is 24.3 Å². The first-order valence-corrected chi connectivity index (χ1v) is 9.18. The maximum Gasteiger partial charge on any atom is 0.187 e. The molecule has 0 aromatic carbocycles. The monoisotopic (exact) mass is 417 g/mol. The second kappa shape index (κ2) is 14.0. The first-order valence-electron chi connectivity index (χ1n) is 9.18. The Morgan fingerprint density at radius 3 is 1.37 bits per heavy atom. The molecule has 0 aromatic rings. The number of carbonyl (C=O) groups is 2. The molecule has 2 N–H and O–H groups in total. The van der Waals surface area contributed by atoms with Gasteiger partial charge in [-0.1, -0.05) is 38.2 Å². The molecular formula is C22H30CuN2O2. The molecule has 2 unspecified atom stereocenters. The summed E-state index contributed by atoms with van der Waals surface area (Å²) in [6, 6.07) is 0.833. The first kappa shape index (κ1) is 24.9. The number of carbonyl (C=O) groups excluding carboxylic acids is 2. The van der Waals surface area contributed by atoms with Crippen molar-refractivity contribution >= 4 is 11.6 Å². The fourth-order valence-corrected chi connectivity index (χ4v) is 1.90. The average molecular weight is 418 g/mol. The summed E-state index contributed by atoms with van der Waals surface area (Å²) in [6.45, 7) is 8.39. The SMILES string of the molecule is CCC(C)N/C=C1/C=CC=CC1=O.CCC(C)N/C=C1/C=CC=CC1=O.[Cu]. The fourth-order valence-electron chi connectivity index (χ4n) is 1.90. The maximum absolute atomic E-state index is 11.2. The zero-order chi connectivity index (χ0) is 19.4. The van der Waals surface area contributed by atoms with Gasteiger partial charge in [0.05, 0.1) is 0 Å². The summed E-state index contributed by atoms with van der Waals surface area (Å²) in [5.74, 6) is 0.136. The summed E-state index contributed by atoms with van der Waals surface area (Å²) in [6.07, 6.45) is 19.7. The molecule has 2 aliphatic rings. The van der Waals surface area contributed by atoms with E-state index in [0.29, 0.717) is 12.1 Å². The average Bonchev–Trinajstić information content (AvgIpc) is 2.66. The van der Waals surface area contributed by atoms with Crippen molar-refractivity contribution in [3.8, 4) is 0 Å². The van der Waals surface area contributed by atoms with Gasteiger partial charge in [0.15, 0.2) is 11.6 Å². The predicted molar refractivity (Wildman–Crippen MR) is 109 cm³/mol. The molecule has 4 nitrogen and oxygen atoms in total. The fraction of sp³-hybridized carbons (Fsp3) is 0.364. The largest absolute Gasteiger partial charge is 0.388 e. The van der Waals surface area contributed by atoms with Gasteiger partial charge in [0.2, 0.25) is 0 Å². The van der Waals surface area contributed by atoms with Crippen molar-refractivity contribution in [1.82, 2.24) is 10.6 Å². The van der Waals surface area contributed by atoms with E-state index in [1.165, 1.54) is 0 Å². The molecule has 27 heavy (non-hydrogen) atoms. The Morgan fingerprint density at radius 1 is 0.741 bits per heavy atom. The van der Waals surface area contributed by atoms with E-state index in [2.05, 4.69) is 38.3 Å². The number of nitrogens with one attached hydrogen (secondary N) is 2. The van der Waals surface area contributed by atoms with Crippen molar-refractivity contribution in [2.75, 3.05) is 0 Å². The van der Waals surface area contributed by atoms with Gasteiger partial charge >= 0.3 is 0 Å². The van der Waals surface area contributed by atoms with Crippen LogP contribution in [0, 0.1) is 0 Å². The molecule has 0 aromatic heterocycles. The van der Waals surface area contributed by atoms with Gasteiger partial charge in [-0.05, 0) is 51.0 Å². The zero-order valence-corrected chi connectivity index (χ0v) is 17.4. The third kappa shape index (κ3) is 9.97. The van der Waals surface area contributed by atoms with Gasteiger partial charge in [0, 0.05) is 52.7 Å². The van der Waals surface area contributed by atoms with Crippen molar-refractivity contribution in [3.63, 3.8) is 0 Å². The Kier molecular flexibility index (Phi) is 12.9. The van der Waals surface area contributed by atoms with E-state index in [-0.39, 0.29) is 28.6 Å². The van der Waals surface area contributed by atoms with E-state index < -0.39 is 0 Å². The van der Waals surface area contributed by atoms with Gasteiger partial charge in [0.1, 0.15) is 0 Å². The molecule has 0 saturated heterocycles. The van der Waals surface area contributed by atoms with Crippen LogP contribution >= 0.6 is 0 Å². The molecule has 0 amide bonds. The van der Waals surface area contributed by atoms with Gasteiger partial charge in [-0.3, -0.25) is 9.59 Å². The number of hydrogen-bond donors (Lipinski definition) is 2. The summed E-state index contributed by atoms with van der Waals surface area (Å²) in [5.41, 5.74) is 1.45. The van der Waals surface area contributed by atoms with Gasteiger partial charge < -0.3 is 10.6 Å². The Balaban J connectivity index is 0.000000483. The van der Waals surface area contributed by atoms with E-state index in [0.717, 1.165) is 24.0 Å². The molecule has 0 spiro atoms. The smallest absolute Gasteiger partial charge is 0.187 e. The number of rotatable bonds is 6. The minimum absolute atomic E-state index is 0. The van der Waals surface area contributed by atoms with Gasteiger partial charge in [0.25, 0.3) is 0 Å². The van der Waals surface area contributed by atoms with Crippen LogP contribution in [0.5, 0.6) is 0 Å². The molecule has 5 heteroatoms. The first-order chi connectivity index (χ1) is 12.5. The standard InChI is InChI=1S/2C11H15NO.Cu/c2*1-3-9(2)12-8-10-6-4-5-7-11(10)13;/h2*4-9,12H,3H2,1-2H3;/b2*10-8-;. The van der Waals surface area contributed by atoms with Crippen LogP contribution in [0.3, 0.4) is 0 Å². The molecule has 0 heterocycles. The van der Waals surface area contributed by atoms with Crippen LogP contribution < -0.4 is 10.6 Å². The minimum atomic E-state index is 0. The van der Waals surface area contributed by atoms with E-state index in [1.54, 1.807) is 36.7 Å². The molecule has 0 saturated carbocycles. The molecule has 151 valence electrons. The van der Waals surface area contributed by atoms with Crippen LogP contribution in [0.2, 0.25) is 0 Å². The summed E-state index contributed by atoms with van der Waals surface area (Å²) in [4.78, 5) is 22.5. The zero-order valence-electron chi connectivity index (χ0n) is 16.5. The van der Waals surface area contributed by atoms with E-state index in [4.69, 9.17) is 0 Å². The van der Waals surface area contributed by atoms with Crippen LogP contribution in [0.1, 0.15) is 40.5 Å². The van der Waals surface area contributed by atoms with Crippen molar-refractivity contribution in [3.05, 3.63) is 72.2 Å². The summed E-state index contributed by atoms with van der Waals surface area (Å²) in [7, 11) is 0. The summed E-state index contributed by atoms with van der Waals surface area (Å²) < 4.78 is 0. The third-order valence-corrected chi connectivity index (χ3v) is 4.11. The Labute approximate surface area is 173 Å². The minimum Gasteiger partial charge on any atom is -0.388 e. The van der Waals surface area contributed by atoms with Crippen molar-refractivity contribution in [2.45, 2.75) is 52.6 Å². The summed E-state index contributed by atoms with van der Waals surface area (Å²) >= 11 is 0. The van der Waals surface area contributed by atoms with Crippen LogP contribution in [-0.2, 0) is 26.7 Å². The van der Waals surface area contributed by atoms with Gasteiger partial charge in [-0.2, -0.15) is 0 Å². The summed E-state index contributed by atoms with van der Waals surface area (Å²) in [5, 5.41) is 6.33. The molecule has 0 bridgehead atoms. The van der Waals surface area contributed by atoms with Crippen LogP contribution in [-0.4, -0.2) is 23.7 Å². The molecule has 2 aliphatic carbocycles. The topological polar surface area (TPSA) is 58.2 Å². The van der Waals surface area contributed by atoms with Gasteiger partial charge in [-0.25, -0.2) is 0 Å². The molecule has 0 aliphatic heterocycles. The second-order valence-corrected chi connectivity index (χ2v) is 6.32. The maximum atomic E-state index is 11.2. The molecular weight excluding hydrogens is 388 g/mol. The third-order valence-electron chi connectivity index (χ3n) is 4.11. The predicted octanol–water partition coefficient (Wildman–Crippen LogP) is 3.90. The molecule has 2 atom stereocenters.